The lowest BCUT2D eigenvalue weighted by Gasteiger charge is -2.25. The van der Waals surface area contributed by atoms with Crippen molar-refractivity contribution in [2.75, 3.05) is 20.6 Å². The molecule has 148 valence electrons. The molecule has 1 heterocycles. The van der Waals surface area contributed by atoms with E-state index in [9.17, 15) is 4.39 Å². The van der Waals surface area contributed by atoms with Gasteiger partial charge < -0.3 is 15.0 Å². The van der Waals surface area contributed by atoms with E-state index in [0.717, 1.165) is 35.1 Å². The summed E-state index contributed by atoms with van der Waals surface area (Å²) >= 11 is 1.63. The fourth-order valence-corrected chi connectivity index (χ4v) is 3.57. The summed E-state index contributed by atoms with van der Waals surface area (Å²) in [5.41, 5.74) is 3.25. The van der Waals surface area contributed by atoms with Crippen LogP contribution < -0.4 is 10.1 Å². The normalized spacial score (nSPS) is 12.3. The number of benzene rings is 2. The molecule has 4 nitrogen and oxygen atoms in total. The Kier molecular flexibility index (Phi) is 7.14. The molecule has 0 aliphatic heterocycles. The Hall–Kier alpha value is -2.28. The maximum Gasteiger partial charge on any atom is 0.131 e. The Morgan fingerprint density at radius 2 is 1.82 bits per heavy atom. The molecule has 0 saturated carbocycles. The van der Waals surface area contributed by atoms with Gasteiger partial charge in [-0.15, -0.1) is 11.3 Å². The van der Waals surface area contributed by atoms with E-state index in [-0.39, 0.29) is 11.9 Å². The van der Waals surface area contributed by atoms with E-state index < -0.39 is 0 Å². The summed E-state index contributed by atoms with van der Waals surface area (Å²) in [7, 11) is 4.07. The van der Waals surface area contributed by atoms with Gasteiger partial charge in [-0.25, -0.2) is 9.37 Å². The molecular formula is C22H26FN3OS. The van der Waals surface area contributed by atoms with Gasteiger partial charge in [0.15, 0.2) is 0 Å². The van der Waals surface area contributed by atoms with Crippen molar-refractivity contribution in [3.63, 3.8) is 0 Å². The number of nitrogens with zero attached hydrogens (tertiary/aromatic N) is 2. The monoisotopic (exact) mass is 399 g/mol. The summed E-state index contributed by atoms with van der Waals surface area (Å²) in [6.45, 7) is 4.02. The zero-order chi connectivity index (χ0) is 19.9. The molecule has 3 rings (SSSR count). The van der Waals surface area contributed by atoms with Crippen LogP contribution in [-0.2, 0) is 13.2 Å². The van der Waals surface area contributed by atoms with Crippen LogP contribution in [0.2, 0.25) is 0 Å². The molecule has 2 aromatic carbocycles. The van der Waals surface area contributed by atoms with Crippen LogP contribution >= 0.6 is 11.3 Å². The Morgan fingerprint density at radius 3 is 2.43 bits per heavy atom. The van der Waals surface area contributed by atoms with Crippen LogP contribution in [0.5, 0.6) is 5.75 Å². The summed E-state index contributed by atoms with van der Waals surface area (Å²) in [6.07, 6.45) is 0. The van der Waals surface area contributed by atoms with Crippen LogP contribution in [0.1, 0.15) is 27.9 Å². The first-order valence-corrected chi connectivity index (χ1v) is 10.1. The average molecular weight is 400 g/mol. The number of hydrogen-bond donors (Lipinski definition) is 1. The number of aromatic nitrogens is 1. The van der Waals surface area contributed by atoms with Crippen LogP contribution in [0, 0.1) is 12.7 Å². The number of hydrogen-bond acceptors (Lipinski definition) is 5. The van der Waals surface area contributed by atoms with Crippen LogP contribution in [0.4, 0.5) is 4.39 Å². The first-order valence-electron chi connectivity index (χ1n) is 9.26. The van der Waals surface area contributed by atoms with Gasteiger partial charge in [-0.3, -0.25) is 0 Å². The molecule has 0 bridgehead atoms. The lowest BCUT2D eigenvalue weighted by molar-refractivity contribution is 0.288. The number of likely N-dealkylation sites (N-methyl/N-ethyl adjacent to an activating group) is 1. The zero-order valence-electron chi connectivity index (χ0n) is 16.5. The van der Waals surface area contributed by atoms with E-state index in [2.05, 4.69) is 27.3 Å². The van der Waals surface area contributed by atoms with Gasteiger partial charge in [0.2, 0.25) is 0 Å². The third-order valence-electron chi connectivity index (χ3n) is 4.52. The minimum Gasteiger partial charge on any atom is -0.487 e. The molecule has 0 radical (unpaired) electrons. The van der Waals surface area contributed by atoms with E-state index in [4.69, 9.17) is 4.74 Å². The van der Waals surface area contributed by atoms with Crippen molar-refractivity contribution in [2.24, 2.45) is 0 Å². The number of rotatable bonds is 9. The summed E-state index contributed by atoms with van der Waals surface area (Å²) < 4.78 is 19.0. The fraction of sp³-hybridized carbons (Fsp3) is 0.318. The lowest BCUT2D eigenvalue weighted by atomic mass is 10.1. The minimum absolute atomic E-state index is 0.185. The Balaban J connectivity index is 1.49. The number of halogens is 1. The molecule has 0 amide bonds. The molecule has 0 aliphatic carbocycles. The predicted octanol–water partition coefficient (Wildman–Crippen LogP) is 4.56. The van der Waals surface area contributed by atoms with Crippen molar-refractivity contribution in [3.05, 3.63) is 81.6 Å². The topological polar surface area (TPSA) is 37.4 Å². The van der Waals surface area contributed by atoms with Crippen molar-refractivity contribution in [3.8, 4) is 5.75 Å². The lowest BCUT2D eigenvalue weighted by Crippen LogP contribution is -2.30. The van der Waals surface area contributed by atoms with E-state index >= 15 is 0 Å². The maximum absolute atomic E-state index is 13.2. The van der Waals surface area contributed by atoms with Crippen LogP contribution in [-0.4, -0.2) is 30.5 Å². The molecule has 28 heavy (non-hydrogen) atoms. The second kappa shape index (κ2) is 9.78. The minimum atomic E-state index is -0.207. The molecule has 3 aromatic rings. The molecule has 0 aliphatic rings. The van der Waals surface area contributed by atoms with Gasteiger partial charge in [0, 0.05) is 24.5 Å². The van der Waals surface area contributed by atoms with Gasteiger partial charge in [0.25, 0.3) is 0 Å². The second-order valence-electron chi connectivity index (χ2n) is 6.95. The van der Waals surface area contributed by atoms with E-state index in [1.54, 1.807) is 11.3 Å². The molecule has 1 unspecified atom stereocenters. The largest absolute Gasteiger partial charge is 0.487 e. The Morgan fingerprint density at radius 1 is 1.11 bits per heavy atom. The fourth-order valence-electron chi connectivity index (χ4n) is 2.97. The highest BCUT2D eigenvalue weighted by molar-refractivity contribution is 7.09. The van der Waals surface area contributed by atoms with Crippen LogP contribution in [0.3, 0.4) is 0 Å². The van der Waals surface area contributed by atoms with E-state index in [1.807, 2.05) is 50.7 Å². The van der Waals surface area contributed by atoms with E-state index in [0.29, 0.717) is 6.61 Å². The van der Waals surface area contributed by atoms with Crippen molar-refractivity contribution >= 4 is 11.3 Å². The maximum atomic E-state index is 13.2. The van der Waals surface area contributed by atoms with Crippen LogP contribution in [0.15, 0.2) is 53.9 Å². The highest BCUT2D eigenvalue weighted by Crippen LogP contribution is 2.19. The smallest absolute Gasteiger partial charge is 0.131 e. The highest BCUT2D eigenvalue weighted by atomic mass is 32.1. The first-order chi connectivity index (χ1) is 13.5. The SMILES string of the molecule is Cc1nc(COc2ccc(CNCC(c3ccc(F)cc3)N(C)C)cc2)cs1. The van der Waals surface area contributed by atoms with Crippen LogP contribution in [0.25, 0.3) is 0 Å². The molecule has 1 aromatic heterocycles. The number of thiazole rings is 1. The van der Waals surface area contributed by atoms with Gasteiger partial charge in [0.05, 0.1) is 10.7 Å². The quantitative estimate of drug-likeness (QED) is 0.572. The average Bonchev–Trinajstić information content (AvgIpc) is 3.10. The van der Waals surface area contributed by atoms with Crippen molar-refractivity contribution in [1.29, 1.82) is 0 Å². The van der Waals surface area contributed by atoms with Crippen molar-refractivity contribution in [1.82, 2.24) is 15.2 Å². The summed E-state index contributed by atoms with van der Waals surface area (Å²) in [5, 5.41) is 6.57. The Labute approximate surface area is 170 Å². The van der Waals surface area contributed by atoms with Crippen molar-refractivity contribution < 1.29 is 9.13 Å². The molecule has 0 spiro atoms. The highest BCUT2D eigenvalue weighted by Gasteiger charge is 2.13. The predicted molar refractivity (Wildman–Crippen MR) is 112 cm³/mol. The van der Waals surface area contributed by atoms with Gasteiger partial charge in [0.1, 0.15) is 18.2 Å². The molecule has 0 fully saturated rings. The number of aryl methyl sites for hydroxylation is 1. The second-order valence-corrected chi connectivity index (χ2v) is 8.01. The zero-order valence-corrected chi connectivity index (χ0v) is 17.3. The third kappa shape index (κ3) is 5.86. The number of nitrogens with one attached hydrogen (secondary N) is 1. The van der Waals surface area contributed by atoms with Gasteiger partial charge in [-0.1, -0.05) is 24.3 Å². The van der Waals surface area contributed by atoms with Gasteiger partial charge in [-0.2, -0.15) is 0 Å². The molecular weight excluding hydrogens is 373 g/mol. The first kappa shape index (κ1) is 20.5. The molecule has 1 N–H and O–H groups in total. The third-order valence-corrected chi connectivity index (χ3v) is 5.34. The molecule has 6 heteroatoms. The number of ether oxygens (including phenoxy) is 1. The van der Waals surface area contributed by atoms with Crippen molar-refractivity contribution in [2.45, 2.75) is 26.1 Å². The van der Waals surface area contributed by atoms with Gasteiger partial charge >= 0.3 is 0 Å². The van der Waals surface area contributed by atoms with Gasteiger partial charge in [-0.05, 0) is 56.4 Å². The molecule has 1 atom stereocenters. The van der Waals surface area contributed by atoms with E-state index in [1.165, 1.54) is 17.7 Å². The summed E-state index contributed by atoms with van der Waals surface area (Å²) in [6, 6.07) is 15.0. The standard InChI is InChI=1S/C22H26FN3OS/c1-16-25-20(15-28-16)14-27-21-10-4-17(5-11-21)12-24-13-22(26(2)3)18-6-8-19(23)9-7-18/h4-11,15,22,24H,12-14H2,1-3H3. The summed E-state index contributed by atoms with van der Waals surface area (Å²) in [4.78, 5) is 6.54. The Bertz CT molecular complexity index is 862. The summed E-state index contributed by atoms with van der Waals surface area (Å²) in [5.74, 6) is 0.633. The molecule has 0 saturated heterocycles.